The lowest BCUT2D eigenvalue weighted by Crippen LogP contribution is -2.02. The molecule has 11 aromatic rings. The lowest BCUT2D eigenvalue weighted by Gasteiger charge is -2.12. The molecule has 5 aromatic heterocycles. The molecule has 0 aliphatic rings. The summed E-state index contributed by atoms with van der Waals surface area (Å²) in [6, 6.07) is 42.6. The molecule has 0 aliphatic heterocycles. The highest BCUT2D eigenvalue weighted by atomic mass is 16.3. The SMILES string of the molecule is c1ccc2c(-n3c4ccccc4c4ccccc43)nc(-c3ccc4c(c3)c3c5ocnc5cc5c6ccccc6n4c53)nc2c1. The highest BCUT2D eigenvalue weighted by molar-refractivity contribution is 6.30. The largest absolute Gasteiger partial charge is 0.443 e. The van der Waals surface area contributed by atoms with Crippen molar-refractivity contribution >= 4 is 81.9 Å². The van der Waals surface area contributed by atoms with Crippen LogP contribution in [0.5, 0.6) is 0 Å². The third-order valence-corrected chi connectivity index (χ3v) is 9.39. The number of rotatable bonds is 2. The normalized spacial score (nSPS) is 12.4. The third kappa shape index (κ3) is 2.91. The molecule has 0 saturated carbocycles. The molecule has 0 unspecified atom stereocenters. The van der Waals surface area contributed by atoms with E-state index in [1.54, 1.807) is 6.39 Å². The van der Waals surface area contributed by atoms with Crippen LogP contribution in [0.25, 0.3) is 99.1 Å². The minimum absolute atomic E-state index is 0.677. The van der Waals surface area contributed by atoms with Gasteiger partial charge in [-0.05, 0) is 54.6 Å². The standard InChI is InChI=1S/C39H21N5O/c1-5-13-29-26(12-1)39(44-32-15-7-2-9-23(32)24-10-3-8-16-33(24)44)42-38(41-29)22-17-18-34-28(19-22)35-36-27(20-30-37(35)45-21-40-30)25-11-4-6-14-31(25)43(34)36/h1-21H. The minimum atomic E-state index is 0.677. The van der Waals surface area contributed by atoms with Crippen molar-refractivity contribution in [3.8, 4) is 17.2 Å². The zero-order valence-corrected chi connectivity index (χ0v) is 23.8. The number of nitrogens with zero attached hydrogens (tertiary/aromatic N) is 5. The molecule has 0 radical (unpaired) electrons. The molecule has 6 aromatic carbocycles. The number of oxazole rings is 1. The number of hydrogen-bond donors (Lipinski definition) is 0. The molecular weight excluding hydrogens is 554 g/mol. The van der Waals surface area contributed by atoms with E-state index in [9.17, 15) is 0 Å². The molecule has 45 heavy (non-hydrogen) atoms. The van der Waals surface area contributed by atoms with Gasteiger partial charge in [-0.3, -0.25) is 4.57 Å². The molecule has 0 N–H and O–H groups in total. The Morgan fingerprint density at radius 3 is 1.93 bits per heavy atom. The Bertz CT molecular complexity index is 2950. The first-order valence-electron chi connectivity index (χ1n) is 15.0. The average molecular weight is 576 g/mol. The second kappa shape index (κ2) is 8.21. The van der Waals surface area contributed by atoms with Crippen LogP contribution in [-0.2, 0) is 0 Å². The Balaban J connectivity index is 1.25. The van der Waals surface area contributed by atoms with Crippen LogP contribution in [0.1, 0.15) is 0 Å². The quantitative estimate of drug-likeness (QED) is 0.206. The Hall–Kier alpha value is -6.27. The lowest BCUT2D eigenvalue weighted by molar-refractivity contribution is 0.605. The highest BCUT2D eigenvalue weighted by Gasteiger charge is 2.23. The average Bonchev–Trinajstić information content (AvgIpc) is 3.86. The molecule has 0 fully saturated rings. The van der Waals surface area contributed by atoms with Crippen molar-refractivity contribution in [2.45, 2.75) is 0 Å². The van der Waals surface area contributed by atoms with Crippen LogP contribution in [0.4, 0.5) is 0 Å². The van der Waals surface area contributed by atoms with E-state index in [1.807, 2.05) is 6.07 Å². The van der Waals surface area contributed by atoms with Gasteiger partial charge in [-0.25, -0.2) is 15.0 Å². The van der Waals surface area contributed by atoms with Crippen molar-refractivity contribution in [2.75, 3.05) is 0 Å². The molecule has 5 heterocycles. The minimum Gasteiger partial charge on any atom is -0.443 e. The topological polar surface area (TPSA) is 61.2 Å². The Kier molecular flexibility index (Phi) is 4.24. The first-order valence-corrected chi connectivity index (χ1v) is 15.0. The molecule has 6 nitrogen and oxygen atoms in total. The van der Waals surface area contributed by atoms with Gasteiger partial charge in [0.15, 0.2) is 17.8 Å². The maximum absolute atomic E-state index is 6.03. The van der Waals surface area contributed by atoms with Gasteiger partial charge in [-0.1, -0.05) is 66.7 Å². The molecule has 6 heteroatoms. The molecule has 0 spiro atoms. The predicted octanol–water partition coefficient (Wildman–Crippen LogP) is 9.69. The van der Waals surface area contributed by atoms with Crippen LogP contribution in [0, 0.1) is 0 Å². The van der Waals surface area contributed by atoms with E-state index in [0.717, 1.165) is 66.2 Å². The Labute approximate surface area is 254 Å². The van der Waals surface area contributed by atoms with Crippen molar-refractivity contribution in [3.63, 3.8) is 0 Å². The molecule has 0 bridgehead atoms. The van der Waals surface area contributed by atoms with Gasteiger partial charge in [0.25, 0.3) is 0 Å². The van der Waals surface area contributed by atoms with E-state index < -0.39 is 0 Å². The zero-order chi connectivity index (χ0) is 29.2. The number of benzene rings is 6. The number of aromatic nitrogens is 5. The van der Waals surface area contributed by atoms with Gasteiger partial charge >= 0.3 is 0 Å². The fourth-order valence-electron chi connectivity index (χ4n) is 7.53. The van der Waals surface area contributed by atoms with Crippen LogP contribution < -0.4 is 0 Å². The number of hydrogen-bond acceptors (Lipinski definition) is 4. The molecule has 11 rings (SSSR count). The summed E-state index contributed by atoms with van der Waals surface area (Å²) in [7, 11) is 0. The van der Waals surface area contributed by atoms with E-state index in [0.29, 0.717) is 5.82 Å². The van der Waals surface area contributed by atoms with Gasteiger partial charge in [0, 0.05) is 37.9 Å². The van der Waals surface area contributed by atoms with Crippen molar-refractivity contribution in [3.05, 3.63) is 128 Å². The van der Waals surface area contributed by atoms with E-state index in [4.69, 9.17) is 14.4 Å². The Morgan fingerprint density at radius 2 is 1.16 bits per heavy atom. The van der Waals surface area contributed by atoms with Crippen LogP contribution in [-0.4, -0.2) is 23.9 Å². The van der Waals surface area contributed by atoms with E-state index >= 15 is 0 Å². The van der Waals surface area contributed by atoms with E-state index in [-0.39, 0.29) is 0 Å². The first kappa shape index (κ1) is 23.2. The van der Waals surface area contributed by atoms with Crippen LogP contribution >= 0.6 is 0 Å². The van der Waals surface area contributed by atoms with Crippen LogP contribution in [0.2, 0.25) is 0 Å². The van der Waals surface area contributed by atoms with Gasteiger partial charge in [-0.2, -0.15) is 0 Å². The van der Waals surface area contributed by atoms with Gasteiger partial charge < -0.3 is 8.82 Å². The van der Waals surface area contributed by atoms with Crippen molar-refractivity contribution in [2.24, 2.45) is 0 Å². The summed E-state index contributed by atoms with van der Waals surface area (Å²) in [6.07, 6.45) is 1.54. The monoisotopic (exact) mass is 575 g/mol. The highest BCUT2D eigenvalue weighted by Crippen LogP contribution is 2.44. The van der Waals surface area contributed by atoms with Gasteiger partial charge in [-0.15, -0.1) is 0 Å². The van der Waals surface area contributed by atoms with Crippen molar-refractivity contribution < 1.29 is 4.42 Å². The smallest absolute Gasteiger partial charge is 0.182 e. The lowest BCUT2D eigenvalue weighted by atomic mass is 10.0. The summed E-state index contributed by atoms with van der Waals surface area (Å²) in [5.74, 6) is 1.54. The molecule has 0 atom stereocenters. The predicted molar refractivity (Wildman–Crippen MR) is 182 cm³/mol. The second-order valence-corrected chi connectivity index (χ2v) is 11.7. The summed E-state index contributed by atoms with van der Waals surface area (Å²) in [4.78, 5) is 15.0. The second-order valence-electron chi connectivity index (χ2n) is 11.7. The maximum Gasteiger partial charge on any atom is 0.182 e. The molecule has 0 saturated heterocycles. The molecular formula is C39H21N5O. The first-order chi connectivity index (χ1) is 22.3. The van der Waals surface area contributed by atoms with Gasteiger partial charge in [0.1, 0.15) is 11.3 Å². The molecule has 0 amide bonds. The summed E-state index contributed by atoms with van der Waals surface area (Å²) >= 11 is 0. The number of para-hydroxylation sites is 4. The molecule has 0 aliphatic carbocycles. The van der Waals surface area contributed by atoms with Crippen LogP contribution in [0.3, 0.4) is 0 Å². The summed E-state index contributed by atoms with van der Waals surface area (Å²) in [5.41, 5.74) is 9.18. The van der Waals surface area contributed by atoms with Crippen LogP contribution in [0.15, 0.2) is 132 Å². The zero-order valence-electron chi connectivity index (χ0n) is 23.8. The fraction of sp³-hybridized carbons (Fsp3) is 0. The van der Waals surface area contributed by atoms with E-state index in [1.165, 1.54) is 27.1 Å². The third-order valence-electron chi connectivity index (χ3n) is 9.39. The number of fused-ring (bicyclic) bond motifs is 12. The fourth-order valence-corrected chi connectivity index (χ4v) is 7.53. The summed E-state index contributed by atoms with van der Waals surface area (Å²) in [6.45, 7) is 0. The Morgan fingerprint density at radius 1 is 0.511 bits per heavy atom. The summed E-state index contributed by atoms with van der Waals surface area (Å²) < 4.78 is 10.7. The van der Waals surface area contributed by atoms with Gasteiger partial charge in [0.2, 0.25) is 0 Å². The van der Waals surface area contributed by atoms with Crippen molar-refractivity contribution in [1.29, 1.82) is 0 Å². The van der Waals surface area contributed by atoms with E-state index in [2.05, 4.69) is 129 Å². The van der Waals surface area contributed by atoms with Gasteiger partial charge in [0.05, 0.1) is 38.5 Å². The maximum atomic E-state index is 6.03. The van der Waals surface area contributed by atoms with Crippen molar-refractivity contribution in [1.82, 2.24) is 23.9 Å². The molecule has 208 valence electrons. The summed E-state index contributed by atoms with van der Waals surface area (Å²) in [5, 5.41) is 7.95.